The summed E-state index contributed by atoms with van der Waals surface area (Å²) in [6, 6.07) is 8.40. The lowest BCUT2D eigenvalue weighted by molar-refractivity contribution is 0.652. The van der Waals surface area contributed by atoms with Crippen LogP contribution in [-0.4, -0.2) is 9.78 Å². The monoisotopic (exact) mass is 292 g/mol. The molecule has 4 nitrogen and oxygen atoms in total. The molecule has 1 aromatic heterocycles. The third-order valence-corrected chi connectivity index (χ3v) is 3.95. The van der Waals surface area contributed by atoms with Gasteiger partial charge in [0.25, 0.3) is 0 Å². The lowest BCUT2D eigenvalue weighted by Gasteiger charge is -2.07. The highest BCUT2D eigenvalue weighted by Gasteiger charge is 2.09. The zero-order chi connectivity index (χ0) is 14.7. The van der Waals surface area contributed by atoms with Gasteiger partial charge in [-0.3, -0.25) is 4.68 Å². The van der Waals surface area contributed by atoms with Gasteiger partial charge in [-0.1, -0.05) is 35.9 Å². The second-order valence-corrected chi connectivity index (χ2v) is 5.48. The van der Waals surface area contributed by atoms with Gasteiger partial charge in [-0.25, -0.2) is 0 Å². The summed E-state index contributed by atoms with van der Waals surface area (Å²) in [5, 5.41) is 8.48. The van der Waals surface area contributed by atoms with Gasteiger partial charge in [-0.2, -0.15) is 5.10 Å². The Morgan fingerprint density at radius 1 is 1.30 bits per heavy atom. The molecule has 3 N–H and O–H groups in total. The fraction of sp³-hybridized carbons (Fsp3) is 0.400. The Balaban J connectivity index is 1.91. The van der Waals surface area contributed by atoms with Gasteiger partial charge in [-0.05, 0) is 25.0 Å². The summed E-state index contributed by atoms with van der Waals surface area (Å²) in [7, 11) is 1.90. The minimum absolute atomic E-state index is 0.0762. The van der Waals surface area contributed by atoms with Gasteiger partial charge in [0.1, 0.15) is 0 Å². The van der Waals surface area contributed by atoms with E-state index in [2.05, 4.69) is 34.7 Å². The number of halogens is 1. The number of nitrogens with zero attached hydrogens (tertiary/aromatic N) is 2. The van der Waals surface area contributed by atoms with Crippen LogP contribution in [0.2, 0.25) is 5.02 Å². The number of aryl methyl sites for hydroxylation is 1. The maximum Gasteiger partial charge on any atom is 0.0951 e. The van der Waals surface area contributed by atoms with Crippen LogP contribution in [0, 0.1) is 6.92 Å². The molecule has 2 aromatic rings. The van der Waals surface area contributed by atoms with Crippen LogP contribution in [0.3, 0.4) is 0 Å². The van der Waals surface area contributed by atoms with Crippen molar-refractivity contribution in [1.82, 2.24) is 15.1 Å². The molecule has 20 heavy (non-hydrogen) atoms. The van der Waals surface area contributed by atoms with Gasteiger partial charge in [0.05, 0.1) is 16.4 Å². The third-order valence-electron chi connectivity index (χ3n) is 3.45. The van der Waals surface area contributed by atoms with E-state index >= 15 is 0 Å². The molecule has 0 radical (unpaired) electrons. The van der Waals surface area contributed by atoms with Crippen LogP contribution in [0.1, 0.15) is 35.5 Å². The average Bonchev–Trinajstić information content (AvgIpc) is 2.67. The standard InChI is InChI=1S/C15H21ClN4/c1-10(17)13-6-4-12(5-7-13)8-18-9-14-15(16)11(2)20(3)19-14/h4-7,10,18H,8-9,17H2,1-3H3. The number of nitrogens with two attached hydrogens (primary N) is 1. The molecule has 1 atom stereocenters. The Hall–Kier alpha value is -1.36. The second-order valence-electron chi connectivity index (χ2n) is 5.10. The molecule has 0 aliphatic rings. The predicted octanol–water partition coefficient (Wildman–Crippen LogP) is 2.69. The van der Waals surface area contributed by atoms with Crippen LogP contribution in [0.4, 0.5) is 0 Å². The molecule has 2 rings (SSSR count). The first-order valence-corrected chi connectivity index (χ1v) is 7.10. The first-order valence-electron chi connectivity index (χ1n) is 6.72. The van der Waals surface area contributed by atoms with Gasteiger partial charge in [0.15, 0.2) is 0 Å². The van der Waals surface area contributed by atoms with Crippen LogP contribution in [0.25, 0.3) is 0 Å². The van der Waals surface area contributed by atoms with E-state index in [0.29, 0.717) is 6.54 Å². The van der Waals surface area contributed by atoms with Crippen LogP contribution < -0.4 is 11.1 Å². The zero-order valence-electron chi connectivity index (χ0n) is 12.2. The number of aromatic nitrogens is 2. The summed E-state index contributed by atoms with van der Waals surface area (Å²) in [6.07, 6.45) is 0. The van der Waals surface area contributed by atoms with Gasteiger partial charge in [0.2, 0.25) is 0 Å². The lowest BCUT2D eigenvalue weighted by Crippen LogP contribution is -2.14. The molecule has 1 heterocycles. The highest BCUT2D eigenvalue weighted by Crippen LogP contribution is 2.19. The van der Waals surface area contributed by atoms with Crippen molar-refractivity contribution in [2.45, 2.75) is 33.0 Å². The molecule has 0 fully saturated rings. The van der Waals surface area contributed by atoms with Crippen molar-refractivity contribution in [1.29, 1.82) is 0 Å². The van der Waals surface area contributed by atoms with E-state index in [-0.39, 0.29) is 6.04 Å². The van der Waals surface area contributed by atoms with Crippen molar-refractivity contribution in [3.8, 4) is 0 Å². The summed E-state index contributed by atoms with van der Waals surface area (Å²) >= 11 is 6.21. The van der Waals surface area contributed by atoms with E-state index < -0.39 is 0 Å². The Morgan fingerprint density at radius 2 is 1.95 bits per heavy atom. The Bertz CT molecular complexity index is 572. The van der Waals surface area contributed by atoms with Crippen molar-refractivity contribution < 1.29 is 0 Å². The molecular formula is C15H21ClN4. The quantitative estimate of drug-likeness (QED) is 0.891. The van der Waals surface area contributed by atoms with Gasteiger partial charge >= 0.3 is 0 Å². The molecule has 108 valence electrons. The van der Waals surface area contributed by atoms with Gasteiger partial charge < -0.3 is 11.1 Å². The van der Waals surface area contributed by atoms with E-state index in [1.807, 2.05) is 20.9 Å². The maximum absolute atomic E-state index is 6.21. The van der Waals surface area contributed by atoms with Crippen molar-refractivity contribution in [2.75, 3.05) is 0 Å². The number of nitrogens with one attached hydrogen (secondary N) is 1. The Kier molecular flexibility index (Phi) is 4.81. The largest absolute Gasteiger partial charge is 0.324 e. The fourth-order valence-electron chi connectivity index (χ4n) is 2.03. The molecule has 1 aromatic carbocycles. The van der Waals surface area contributed by atoms with E-state index in [0.717, 1.165) is 28.5 Å². The second kappa shape index (κ2) is 6.39. The van der Waals surface area contributed by atoms with E-state index in [9.17, 15) is 0 Å². The maximum atomic E-state index is 6.21. The SMILES string of the molecule is Cc1c(Cl)c(CNCc2ccc(C(C)N)cc2)nn1C. The third kappa shape index (κ3) is 3.39. The molecule has 1 unspecified atom stereocenters. The normalized spacial score (nSPS) is 12.7. The molecule has 5 heteroatoms. The molecule has 0 saturated heterocycles. The van der Waals surface area contributed by atoms with Crippen molar-refractivity contribution in [2.24, 2.45) is 12.8 Å². The summed E-state index contributed by atoms with van der Waals surface area (Å²) in [5.41, 5.74) is 10.1. The number of hydrogen-bond acceptors (Lipinski definition) is 3. The number of rotatable bonds is 5. The molecule has 0 saturated carbocycles. The smallest absolute Gasteiger partial charge is 0.0951 e. The summed E-state index contributed by atoms with van der Waals surface area (Å²) in [4.78, 5) is 0. The minimum Gasteiger partial charge on any atom is -0.324 e. The van der Waals surface area contributed by atoms with Crippen molar-refractivity contribution >= 4 is 11.6 Å². The summed E-state index contributed by atoms with van der Waals surface area (Å²) in [6.45, 7) is 5.39. The van der Waals surface area contributed by atoms with Gasteiger partial charge in [0, 0.05) is 26.2 Å². The first-order chi connectivity index (χ1) is 9.49. The lowest BCUT2D eigenvalue weighted by atomic mass is 10.1. The molecule has 0 aliphatic carbocycles. The topological polar surface area (TPSA) is 55.9 Å². The van der Waals surface area contributed by atoms with Crippen LogP contribution in [0.5, 0.6) is 0 Å². The zero-order valence-corrected chi connectivity index (χ0v) is 12.9. The number of benzene rings is 1. The molecule has 0 bridgehead atoms. The summed E-state index contributed by atoms with van der Waals surface area (Å²) < 4.78 is 1.80. The van der Waals surface area contributed by atoms with Crippen molar-refractivity contribution in [3.63, 3.8) is 0 Å². The number of hydrogen-bond donors (Lipinski definition) is 2. The molecule has 0 spiro atoms. The minimum atomic E-state index is 0.0762. The summed E-state index contributed by atoms with van der Waals surface area (Å²) in [5.74, 6) is 0. The Morgan fingerprint density at radius 3 is 2.45 bits per heavy atom. The average molecular weight is 293 g/mol. The Labute approximate surface area is 124 Å². The molecule has 0 aliphatic heterocycles. The highest BCUT2D eigenvalue weighted by atomic mass is 35.5. The predicted molar refractivity (Wildman–Crippen MR) is 82.5 cm³/mol. The van der Waals surface area contributed by atoms with Crippen LogP contribution in [0.15, 0.2) is 24.3 Å². The van der Waals surface area contributed by atoms with Gasteiger partial charge in [-0.15, -0.1) is 0 Å². The van der Waals surface area contributed by atoms with E-state index in [1.54, 1.807) is 4.68 Å². The highest BCUT2D eigenvalue weighted by molar-refractivity contribution is 6.31. The van der Waals surface area contributed by atoms with Crippen LogP contribution in [-0.2, 0) is 20.1 Å². The van der Waals surface area contributed by atoms with E-state index in [4.69, 9.17) is 17.3 Å². The van der Waals surface area contributed by atoms with Crippen molar-refractivity contribution in [3.05, 3.63) is 51.8 Å². The molecular weight excluding hydrogens is 272 g/mol. The fourth-order valence-corrected chi connectivity index (χ4v) is 2.26. The van der Waals surface area contributed by atoms with Crippen LogP contribution >= 0.6 is 11.6 Å². The first kappa shape index (κ1) is 15.0. The van der Waals surface area contributed by atoms with E-state index in [1.165, 1.54) is 5.56 Å². The molecule has 0 amide bonds.